The van der Waals surface area contributed by atoms with Crippen LogP contribution in [0.2, 0.25) is 0 Å². The Kier molecular flexibility index (Phi) is 6.53. The van der Waals surface area contributed by atoms with Gasteiger partial charge in [0.15, 0.2) is 0 Å². The summed E-state index contributed by atoms with van der Waals surface area (Å²) in [4.78, 5) is 26.4. The van der Waals surface area contributed by atoms with Crippen LogP contribution in [0.3, 0.4) is 0 Å². The molecule has 6 nitrogen and oxygen atoms in total. The smallest absolute Gasteiger partial charge is 0.253 e. The van der Waals surface area contributed by atoms with E-state index in [0.29, 0.717) is 17.9 Å². The molecule has 2 aromatic carbocycles. The SMILES string of the molecule is COc1ccc(C)cc1NCC(=O)NCc1ccc(C(=O)N2CCCC2)cc1. The molecule has 2 aromatic rings. The molecule has 1 aliphatic rings. The minimum absolute atomic E-state index is 0.0874. The van der Waals surface area contributed by atoms with E-state index in [4.69, 9.17) is 4.74 Å². The van der Waals surface area contributed by atoms with Crippen molar-refractivity contribution in [1.82, 2.24) is 10.2 Å². The average molecular weight is 381 g/mol. The summed E-state index contributed by atoms with van der Waals surface area (Å²) in [6.45, 7) is 4.25. The van der Waals surface area contributed by atoms with E-state index in [1.165, 1.54) is 0 Å². The number of amides is 2. The van der Waals surface area contributed by atoms with Gasteiger partial charge in [0, 0.05) is 25.2 Å². The van der Waals surface area contributed by atoms with Gasteiger partial charge in [0.1, 0.15) is 5.75 Å². The summed E-state index contributed by atoms with van der Waals surface area (Å²) in [5, 5.41) is 6.00. The second kappa shape index (κ2) is 9.26. The zero-order valence-corrected chi connectivity index (χ0v) is 16.5. The van der Waals surface area contributed by atoms with Crippen LogP contribution in [0, 0.1) is 6.92 Å². The third kappa shape index (κ3) is 5.03. The number of benzene rings is 2. The number of anilines is 1. The van der Waals surface area contributed by atoms with Gasteiger partial charge >= 0.3 is 0 Å². The van der Waals surface area contributed by atoms with Crippen LogP contribution in [-0.4, -0.2) is 43.5 Å². The van der Waals surface area contributed by atoms with Gasteiger partial charge in [-0.25, -0.2) is 0 Å². The monoisotopic (exact) mass is 381 g/mol. The van der Waals surface area contributed by atoms with Gasteiger partial charge in [-0.2, -0.15) is 0 Å². The zero-order chi connectivity index (χ0) is 19.9. The minimum atomic E-state index is -0.110. The van der Waals surface area contributed by atoms with E-state index < -0.39 is 0 Å². The van der Waals surface area contributed by atoms with Crippen molar-refractivity contribution in [3.63, 3.8) is 0 Å². The summed E-state index contributed by atoms with van der Waals surface area (Å²) in [7, 11) is 1.61. The predicted octanol–water partition coefficient (Wildman–Crippen LogP) is 2.97. The van der Waals surface area contributed by atoms with Crippen molar-refractivity contribution in [2.75, 3.05) is 32.1 Å². The van der Waals surface area contributed by atoms with E-state index in [-0.39, 0.29) is 18.4 Å². The second-order valence-corrected chi connectivity index (χ2v) is 7.03. The molecule has 1 heterocycles. The van der Waals surface area contributed by atoms with Crippen molar-refractivity contribution in [2.24, 2.45) is 0 Å². The molecule has 1 fully saturated rings. The van der Waals surface area contributed by atoms with Gasteiger partial charge in [0.25, 0.3) is 5.91 Å². The van der Waals surface area contributed by atoms with E-state index in [0.717, 1.165) is 42.7 Å². The molecule has 0 unspecified atom stereocenters. The lowest BCUT2D eigenvalue weighted by atomic mass is 10.1. The molecule has 0 bridgehead atoms. The molecule has 2 amide bonds. The Balaban J connectivity index is 1.48. The van der Waals surface area contributed by atoms with Crippen LogP contribution >= 0.6 is 0 Å². The van der Waals surface area contributed by atoms with Crippen LogP contribution in [0.15, 0.2) is 42.5 Å². The fraction of sp³-hybridized carbons (Fsp3) is 0.364. The summed E-state index contributed by atoms with van der Waals surface area (Å²) < 4.78 is 5.30. The number of carbonyl (C=O) groups is 2. The topological polar surface area (TPSA) is 70.7 Å². The summed E-state index contributed by atoms with van der Waals surface area (Å²) >= 11 is 0. The molecular weight excluding hydrogens is 354 g/mol. The van der Waals surface area contributed by atoms with Crippen LogP contribution in [0.5, 0.6) is 5.75 Å². The van der Waals surface area contributed by atoms with Gasteiger partial charge in [0.2, 0.25) is 5.91 Å². The Morgan fingerprint density at radius 3 is 2.46 bits per heavy atom. The largest absolute Gasteiger partial charge is 0.495 e. The molecule has 2 N–H and O–H groups in total. The van der Waals surface area contributed by atoms with E-state index in [1.54, 1.807) is 7.11 Å². The Labute approximate surface area is 165 Å². The van der Waals surface area contributed by atoms with E-state index >= 15 is 0 Å². The van der Waals surface area contributed by atoms with Gasteiger partial charge in [-0.15, -0.1) is 0 Å². The molecule has 1 aliphatic heterocycles. The summed E-state index contributed by atoms with van der Waals surface area (Å²) in [5.74, 6) is 0.682. The third-order valence-electron chi connectivity index (χ3n) is 4.88. The fourth-order valence-corrected chi connectivity index (χ4v) is 3.27. The Morgan fingerprint density at radius 2 is 1.79 bits per heavy atom. The lowest BCUT2D eigenvalue weighted by Gasteiger charge is -2.15. The highest BCUT2D eigenvalue weighted by Gasteiger charge is 2.19. The minimum Gasteiger partial charge on any atom is -0.495 e. The molecule has 1 saturated heterocycles. The van der Waals surface area contributed by atoms with Crippen LogP contribution in [0.25, 0.3) is 0 Å². The number of likely N-dealkylation sites (tertiary alicyclic amines) is 1. The lowest BCUT2D eigenvalue weighted by Crippen LogP contribution is -2.29. The number of ether oxygens (including phenoxy) is 1. The Hall–Kier alpha value is -3.02. The molecule has 6 heteroatoms. The van der Waals surface area contributed by atoms with Crippen molar-refractivity contribution in [3.8, 4) is 5.75 Å². The number of carbonyl (C=O) groups excluding carboxylic acids is 2. The van der Waals surface area contributed by atoms with Crippen molar-refractivity contribution < 1.29 is 14.3 Å². The number of aryl methyl sites for hydroxylation is 1. The summed E-state index contributed by atoms with van der Waals surface area (Å²) in [5.41, 5.74) is 3.54. The second-order valence-electron chi connectivity index (χ2n) is 7.03. The molecule has 148 valence electrons. The third-order valence-corrected chi connectivity index (χ3v) is 4.88. The van der Waals surface area contributed by atoms with Crippen molar-refractivity contribution in [3.05, 3.63) is 59.2 Å². The van der Waals surface area contributed by atoms with Crippen LogP contribution in [-0.2, 0) is 11.3 Å². The van der Waals surface area contributed by atoms with Gasteiger partial charge in [-0.05, 0) is 55.2 Å². The van der Waals surface area contributed by atoms with Gasteiger partial charge < -0.3 is 20.3 Å². The molecule has 28 heavy (non-hydrogen) atoms. The molecule has 0 spiro atoms. The summed E-state index contributed by atoms with van der Waals surface area (Å²) in [6, 6.07) is 13.2. The number of hydrogen-bond donors (Lipinski definition) is 2. The molecule has 0 radical (unpaired) electrons. The first-order valence-electron chi connectivity index (χ1n) is 9.60. The molecular formula is C22H27N3O3. The van der Waals surface area contributed by atoms with Crippen molar-refractivity contribution in [1.29, 1.82) is 0 Å². The van der Waals surface area contributed by atoms with Gasteiger partial charge in [-0.3, -0.25) is 9.59 Å². The Bertz CT molecular complexity index is 827. The maximum absolute atomic E-state index is 12.4. The van der Waals surface area contributed by atoms with Crippen LogP contribution < -0.4 is 15.4 Å². The van der Waals surface area contributed by atoms with E-state index in [2.05, 4.69) is 10.6 Å². The van der Waals surface area contributed by atoms with E-state index in [1.807, 2.05) is 54.3 Å². The highest BCUT2D eigenvalue weighted by molar-refractivity contribution is 5.94. The zero-order valence-electron chi connectivity index (χ0n) is 16.5. The first-order chi connectivity index (χ1) is 13.6. The maximum Gasteiger partial charge on any atom is 0.253 e. The van der Waals surface area contributed by atoms with Gasteiger partial charge in [-0.1, -0.05) is 18.2 Å². The van der Waals surface area contributed by atoms with Crippen molar-refractivity contribution in [2.45, 2.75) is 26.3 Å². The maximum atomic E-state index is 12.4. The first kappa shape index (κ1) is 19.7. The average Bonchev–Trinajstić information content (AvgIpc) is 3.25. The number of rotatable bonds is 7. The van der Waals surface area contributed by atoms with Crippen LogP contribution in [0.4, 0.5) is 5.69 Å². The van der Waals surface area contributed by atoms with Crippen LogP contribution in [0.1, 0.15) is 34.3 Å². The normalized spacial score (nSPS) is 13.3. The first-order valence-corrected chi connectivity index (χ1v) is 9.60. The number of nitrogens with one attached hydrogen (secondary N) is 2. The number of nitrogens with zero attached hydrogens (tertiary/aromatic N) is 1. The molecule has 0 atom stereocenters. The molecule has 3 rings (SSSR count). The number of hydrogen-bond acceptors (Lipinski definition) is 4. The highest BCUT2D eigenvalue weighted by atomic mass is 16.5. The quantitative estimate of drug-likeness (QED) is 0.774. The predicted molar refractivity (Wildman–Crippen MR) is 110 cm³/mol. The molecule has 0 saturated carbocycles. The summed E-state index contributed by atoms with van der Waals surface area (Å²) in [6.07, 6.45) is 2.16. The Morgan fingerprint density at radius 1 is 1.07 bits per heavy atom. The molecule has 0 aliphatic carbocycles. The lowest BCUT2D eigenvalue weighted by molar-refractivity contribution is -0.119. The van der Waals surface area contributed by atoms with E-state index in [9.17, 15) is 9.59 Å². The fourth-order valence-electron chi connectivity index (χ4n) is 3.27. The standard InChI is InChI=1S/C22H27N3O3/c1-16-5-10-20(28-2)19(13-16)23-15-21(26)24-14-17-6-8-18(9-7-17)22(27)25-11-3-4-12-25/h5-10,13,23H,3-4,11-12,14-15H2,1-2H3,(H,24,26). The van der Waals surface area contributed by atoms with Crippen molar-refractivity contribution >= 4 is 17.5 Å². The van der Waals surface area contributed by atoms with Gasteiger partial charge in [0.05, 0.1) is 19.3 Å². The molecule has 0 aromatic heterocycles. The number of methoxy groups -OCH3 is 1. The highest BCUT2D eigenvalue weighted by Crippen LogP contribution is 2.24.